The van der Waals surface area contributed by atoms with Crippen LogP contribution in [0.1, 0.15) is 13.8 Å². The SMILES string of the molecule is CC(C)=CC(=O)Nc1c(Br)cc(Br)cc1Br. The molecule has 1 aromatic rings. The lowest BCUT2D eigenvalue weighted by Crippen LogP contribution is -2.09. The van der Waals surface area contributed by atoms with Crippen molar-refractivity contribution >= 4 is 59.4 Å². The zero-order valence-electron chi connectivity index (χ0n) is 8.77. The summed E-state index contributed by atoms with van der Waals surface area (Å²) >= 11 is 10.2. The number of nitrogens with one attached hydrogen (secondary N) is 1. The van der Waals surface area contributed by atoms with Gasteiger partial charge in [-0.3, -0.25) is 4.79 Å². The molecule has 86 valence electrons. The van der Waals surface area contributed by atoms with E-state index in [2.05, 4.69) is 53.1 Å². The second-order valence-electron chi connectivity index (χ2n) is 3.46. The van der Waals surface area contributed by atoms with E-state index in [1.165, 1.54) is 0 Å². The third-order valence-corrected chi connectivity index (χ3v) is 3.38. The fourth-order valence-electron chi connectivity index (χ4n) is 1.08. The lowest BCUT2D eigenvalue weighted by molar-refractivity contribution is -0.111. The van der Waals surface area contributed by atoms with Gasteiger partial charge in [-0.15, -0.1) is 0 Å². The fourth-order valence-corrected chi connectivity index (χ4v) is 3.54. The van der Waals surface area contributed by atoms with E-state index >= 15 is 0 Å². The zero-order valence-corrected chi connectivity index (χ0v) is 13.5. The van der Waals surface area contributed by atoms with Crippen LogP contribution in [0, 0.1) is 0 Å². The molecule has 2 nitrogen and oxygen atoms in total. The van der Waals surface area contributed by atoms with Gasteiger partial charge >= 0.3 is 0 Å². The van der Waals surface area contributed by atoms with E-state index in [9.17, 15) is 4.79 Å². The van der Waals surface area contributed by atoms with Crippen LogP contribution in [0.2, 0.25) is 0 Å². The summed E-state index contributed by atoms with van der Waals surface area (Å²) in [6.07, 6.45) is 1.56. The molecule has 0 fully saturated rings. The van der Waals surface area contributed by atoms with Crippen LogP contribution in [0.25, 0.3) is 0 Å². The maximum atomic E-state index is 11.6. The first kappa shape index (κ1) is 13.9. The third kappa shape index (κ3) is 4.03. The molecule has 0 aromatic heterocycles. The van der Waals surface area contributed by atoms with Gasteiger partial charge < -0.3 is 5.32 Å². The minimum Gasteiger partial charge on any atom is -0.321 e. The lowest BCUT2D eigenvalue weighted by atomic mass is 10.3. The highest BCUT2D eigenvalue weighted by Crippen LogP contribution is 2.34. The van der Waals surface area contributed by atoms with Crippen molar-refractivity contribution in [3.63, 3.8) is 0 Å². The molecular formula is C11H10Br3NO. The largest absolute Gasteiger partial charge is 0.321 e. The van der Waals surface area contributed by atoms with E-state index in [1.807, 2.05) is 26.0 Å². The topological polar surface area (TPSA) is 29.1 Å². The molecule has 0 aliphatic rings. The second-order valence-corrected chi connectivity index (χ2v) is 6.08. The number of anilines is 1. The average Bonchev–Trinajstić information content (AvgIpc) is 2.09. The Morgan fingerprint density at radius 3 is 2.12 bits per heavy atom. The Morgan fingerprint density at radius 1 is 1.19 bits per heavy atom. The minimum absolute atomic E-state index is 0.135. The van der Waals surface area contributed by atoms with Crippen molar-refractivity contribution in [3.8, 4) is 0 Å². The van der Waals surface area contributed by atoms with Crippen LogP contribution >= 0.6 is 47.8 Å². The molecule has 0 unspecified atom stereocenters. The molecule has 16 heavy (non-hydrogen) atoms. The summed E-state index contributed by atoms with van der Waals surface area (Å²) in [7, 11) is 0. The zero-order chi connectivity index (χ0) is 12.3. The van der Waals surface area contributed by atoms with Crippen LogP contribution in [-0.4, -0.2) is 5.91 Å². The molecule has 1 rings (SSSR count). The van der Waals surface area contributed by atoms with Crippen LogP contribution in [0.4, 0.5) is 5.69 Å². The van der Waals surface area contributed by atoms with Gasteiger partial charge in [-0.25, -0.2) is 0 Å². The fraction of sp³-hybridized carbons (Fsp3) is 0.182. The number of carbonyl (C=O) groups excluding carboxylic acids is 1. The van der Waals surface area contributed by atoms with E-state index in [4.69, 9.17) is 0 Å². The quantitative estimate of drug-likeness (QED) is 0.690. The maximum absolute atomic E-state index is 11.6. The van der Waals surface area contributed by atoms with Crippen molar-refractivity contribution in [1.82, 2.24) is 0 Å². The van der Waals surface area contributed by atoms with Gasteiger partial charge in [0, 0.05) is 19.5 Å². The van der Waals surface area contributed by atoms with Crippen molar-refractivity contribution in [1.29, 1.82) is 0 Å². The minimum atomic E-state index is -0.135. The first-order valence-corrected chi connectivity index (χ1v) is 6.88. The number of benzene rings is 1. The van der Waals surface area contributed by atoms with Crippen LogP contribution in [0.5, 0.6) is 0 Å². The summed E-state index contributed by atoms with van der Waals surface area (Å²) in [4.78, 5) is 11.6. The summed E-state index contributed by atoms with van der Waals surface area (Å²) in [5.74, 6) is -0.135. The van der Waals surface area contributed by atoms with Gasteiger partial charge in [0.1, 0.15) is 0 Å². The molecule has 0 saturated carbocycles. The summed E-state index contributed by atoms with van der Waals surface area (Å²) < 4.78 is 2.58. The van der Waals surface area contributed by atoms with E-state index in [0.717, 1.165) is 24.7 Å². The van der Waals surface area contributed by atoms with E-state index in [1.54, 1.807) is 6.08 Å². The molecule has 0 radical (unpaired) electrons. The molecule has 0 bridgehead atoms. The van der Waals surface area contributed by atoms with Crippen LogP contribution in [-0.2, 0) is 4.79 Å². The van der Waals surface area contributed by atoms with Crippen molar-refractivity contribution in [2.24, 2.45) is 0 Å². The number of allylic oxidation sites excluding steroid dienone is 1. The molecule has 0 saturated heterocycles. The Bertz CT molecular complexity index is 428. The lowest BCUT2D eigenvalue weighted by Gasteiger charge is -2.08. The molecule has 5 heteroatoms. The normalized spacial score (nSPS) is 9.81. The Morgan fingerprint density at radius 2 is 1.69 bits per heavy atom. The van der Waals surface area contributed by atoms with Gasteiger partial charge in [0.2, 0.25) is 5.91 Å². The van der Waals surface area contributed by atoms with Crippen LogP contribution < -0.4 is 5.32 Å². The van der Waals surface area contributed by atoms with Crippen molar-refractivity contribution in [2.75, 3.05) is 5.32 Å². The summed E-state index contributed by atoms with van der Waals surface area (Å²) in [5.41, 5.74) is 1.69. The number of rotatable bonds is 2. The van der Waals surface area contributed by atoms with Crippen molar-refractivity contribution < 1.29 is 4.79 Å². The smallest absolute Gasteiger partial charge is 0.248 e. The first-order valence-electron chi connectivity index (χ1n) is 4.50. The van der Waals surface area contributed by atoms with Gasteiger partial charge in [0.05, 0.1) is 5.69 Å². The molecule has 1 N–H and O–H groups in total. The number of hydrogen-bond acceptors (Lipinski definition) is 1. The van der Waals surface area contributed by atoms with Gasteiger partial charge in [-0.1, -0.05) is 21.5 Å². The van der Waals surface area contributed by atoms with E-state index in [-0.39, 0.29) is 5.91 Å². The molecule has 1 aromatic carbocycles. The highest BCUT2D eigenvalue weighted by Gasteiger charge is 2.08. The summed E-state index contributed by atoms with van der Waals surface area (Å²) in [6, 6.07) is 3.76. The molecule has 0 spiro atoms. The number of halogens is 3. The van der Waals surface area contributed by atoms with Gasteiger partial charge in [-0.2, -0.15) is 0 Å². The van der Waals surface area contributed by atoms with Gasteiger partial charge in [0.25, 0.3) is 0 Å². The number of hydrogen-bond donors (Lipinski definition) is 1. The first-order chi connectivity index (χ1) is 7.40. The highest BCUT2D eigenvalue weighted by molar-refractivity contribution is 9.11. The van der Waals surface area contributed by atoms with E-state index in [0.29, 0.717) is 0 Å². The third-order valence-electron chi connectivity index (χ3n) is 1.67. The van der Waals surface area contributed by atoms with Crippen LogP contribution in [0.15, 0.2) is 37.2 Å². The standard InChI is InChI=1S/C11H10Br3NO/c1-6(2)3-10(16)15-11-8(13)4-7(12)5-9(11)14/h3-5H,1-2H3,(H,15,16). The predicted octanol–water partition coefficient (Wildman–Crippen LogP) is 4.88. The Hall–Kier alpha value is -0.130. The van der Waals surface area contributed by atoms with Crippen molar-refractivity contribution in [3.05, 3.63) is 37.2 Å². The Kier molecular flexibility index (Phi) is 5.21. The predicted molar refractivity (Wildman–Crippen MR) is 77.6 cm³/mol. The summed E-state index contributed by atoms with van der Waals surface area (Å²) in [6.45, 7) is 3.76. The molecular weight excluding hydrogens is 402 g/mol. The monoisotopic (exact) mass is 409 g/mol. The molecule has 1 amide bonds. The van der Waals surface area contributed by atoms with Gasteiger partial charge in [-0.05, 0) is 57.8 Å². The summed E-state index contributed by atoms with van der Waals surface area (Å²) in [5, 5.41) is 2.81. The molecule has 0 heterocycles. The van der Waals surface area contributed by atoms with Gasteiger partial charge in [0.15, 0.2) is 0 Å². The van der Waals surface area contributed by atoms with Crippen molar-refractivity contribution in [2.45, 2.75) is 13.8 Å². The van der Waals surface area contributed by atoms with Crippen LogP contribution in [0.3, 0.4) is 0 Å². The molecule has 0 aliphatic heterocycles. The molecule has 0 aliphatic carbocycles. The Labute approximate surface area is 120 Å². The van der Waals surface area contributed by atoms with E-state index < -0.39 is 0 Å². The molecule has 0 atom stereocenters. The maximum Gasteiger partial charge on any atom is 0.248 e. The second kappa shape index (κ2) is 5.98. The average molecular weight is 412 g/mol. The Balaban J connectivity index is 2.98. The highest BCUT2D eigenvalue weighted by atomic mass is 79.9. The number of carbonyl (C=O) groups is 1. The number of amides is 1.